The molecule has 168 valence electrons. The fourth-order valence-electron chi connectivity index (χ4n) is 3.34. The molecule has 2 aromatic carbocycles. The highest BCUT2D eigenvalue weighted by Crippen LogP contribution is 2.25. The van der Waals surface area contributed by atoms with Gasteiger partial charge in [-0.15, -0.1) is 0 Å². The van der Waals surface area contributed by atoms with E-state index in [-0.39, 0.29) is 16.8 Å². The monoisotopic (exact) mass is 460 g/mol. The van der Waals surface area contributed by atoms with Gasteiger partial charge in [-0.1, -0.05) is 31.2 Å². The molecule has 0 spiro atoms. The Labute approximate surface area is 193 Å². The van der Waals surface area contributed by atoms with Crippen LogP contribution in [0.25, 0.3) is 22.3 Å². The number of hydrogen-bond acceptors (Lipinski definition) is 5. The lowest BCUT2D eigenvalue weighted by molar-refractivity contribution is 0.102. The predicted molar refractivity (Wildman–Crippen MR) is 129 cm³/mol. The number of carbonyl (C=O) groups excluding carboxylic acids is 1. The van der Waals surface area contributed by atoms with Gasteiger partial charge in [-0.05, 0) is 61.9 Å². The highest BCUT2D eigenvalue weighted by atomic mass is 32.2. The summed E-state index contributed by atoms with van der Waals surface area (Å²) < 4.78 is 27.5. The van der Waals surface area contributed by atoms with Gasteiger partial charge in [0.15, 0.2) is 0 Å². The van der Waals surface area contributed by atoms with E-state index >= 15 is 0 Å². The maximum absolute atomic E-state index is 13.2. The van der Waals surface area contributed by atoms with Gasteiger partial charge in [0.05, 0.1) is 27.4 Å². The molecule has 0 fully saturated rings. The van der Waals surface area contributed by atoms with E-state index in [0.29, 0.717) is 40.0 Å². The summed E-state index contributed by atoms with van der Waals surface area (Å²) in [5.41, 5.74) is 2.89. The average molecular weight is 461 g/mol. The molecule has 0 aliphatic rings. The van der Waals surface area contributed by atoms with Gasteiger partial charge in [0.25, 0.3) is 5.91 Å². The molecule has 0 radical (unpaired) electrons. The lowest BCUT2D eigenvalue weighted by atomic mass is 10.1. The van der Waals surface area contributed by atoms with Crippen LogP contribution in [0.5, 0.6) is 0 Å². The van der Waals surface area contributed by atoms with Crippen molar-refractivity contribution in [2.24, 2.45) is 0 Å². The number of fused-ring (bicyclic) bond motifs is 1. The van der Waals surface area contributed by atoms with Crippen LogP contribution in [0.3, 0.4) is 0 Å². The number of nitrogens with one attached hydrogen (secondary N) is 2. The lowest BCUT2D eigenvalue weighted by Gasteiger charge is -2.13. The number of rotatable bonds is 7. The number of nitrogens with zero attached hydrogens (tertiary/aromatic N) is 2. The first-order valence-electron chi connectivity index (χ1n) is 10.6. The standard InChI is InChI=1S/C25H24N4O3S/c1-3-17(2)29-33(31,32)19-13-11-18(12-14-19)27-25(30)21-16-24(23-10-6-7-15-26-23)28-22-9-5-4-8-20(21)22/h4-17,29H,3H2,1-2H3,(H,27,30)/t17-/m1/s1. The normalized spacial score (nSPS) is 12.4. The Morgan fingerprint density at radius 1 is 0.970 bits per heavy atom. The predicted octanol–water partition coefficient (Wildman–Crippen LogP) is 4.63. The number of para-hydroxylation sites is 1. The van der Waals surface area contributed by atoms with Crippen molar-refractivity contribution < 1.29 is 13.2 Å². The van der Waals surface area contributed by atoms with Gasteiger partial charge in [0.2, 0.25) is 10.0 Å². The van der Waals surface area contributed by atoms with Crippen LogP contribution in [0.2, 0.25) is 0 Å². The Hall–Kier alpha value is -3.62. The molecule has 7 nitrogen and oxygen atoms in total. The highest BCUT2D eigenvalue weighted by molar-refractivity contribution is 7.89. The van der Waals surface area contributed by atoms with Crippen molar-refractivity contribution in [3.8, 4) is 11.4 Å². The quantitative estimate of drug-likeness (QED) is 0.419. The summed E-state index contributed by atoms with van der Waals surface area (Å²) in [6, 6.07) is 20.6. The second kappa shape index (κ2) is 9.48. The van der Waals surface area contributed by atoms with E-state index in [0.717, 1.165) is 0 Å². The zero-order chi connectivity index (χ0) is 23.4. The van der Waals surface area contributed by atoms with Crippen molar-refractivity contribution in [1.82, 2.24) is 14.7 Å². The highest BCUT2D eigenvalue weighted by Gasteiger charge is 2.18. The van der Waals surface area contributed by atoms with Crippen molar-refractivity contribution in [3.63, 3.8) is 0 Å². The minimum Gasteiger partial charge on any atom is -0.322 e. The number of anilines is 1. The van der Waals surface area contributed by atoms with Crippen molar-refractivity contribution in [3.05, 3.63) is 84.6 Å². The van der Waals surface area contributed by atoms with Crippen molar-refractivity contribution in [2.75, 3.05) is 5.32 Å². The number of hydrogen-bond donors (Lipinski definition) is 2. The fraction of sp³-hybridized carbons (Fsp3) is 0.160. The summed E-state index contributed by atoms with van der Waals surface area (Å²) >= 11 is 0. The third-order valence-corrected chi connectivity index (χ3v) is 6.88. The Kier molecular flexibility index (Phi) is 6.48. The van der Waals surface area contributed by atoms with Crippen LogP contribution in [0.15, 0.2) is 83.9 Å². The van der Waals surface area contributed by atoms with Crippen molar-refractivity contribution in [2.45, 2.75) is 31.2 Å². The molecule has 8 heteroatoms. The fourth-order valence-corrected chi connectivity index (χ4v) is 4.67. The van der Waals surface area contributed by atoms with Gasteiger partial charge < -0.3 is 5.32 Å². The molecule has 2 aromatic heterocycles. The van der Waals surface area contributed by atoms with E-state index in [1.807, 2.05) is 56.3 Å². The Bertz CT molecular complexity index is 1390. The molecular formula is C25H24N4O3S. The summed E-state index contributed by atoms with van der Waals surface area (Å²) in [6.07, 6.45) is 2.37. The molecule has 33 heavy (non-hydrogen) atoms. The van der Waals surface area contributed by atoms with E-state index in [2.05, 4.69) is 20.0 Å². The molecule has 0 bridgehead atoms. The number of benzene rings is 2. The molecule has 2 heterocycles. The summed E-state index contributed by atoms with van der Waals surface area (Å²) in [5.74, 6) is -0.320. The summed E-state index contributed by atoms with van der Waals surface area (Å²) in [7, 11) is -3.61. The Morgan fingerprint density at radius 3 is 2.39 bits per heavy atom. The van der Waals surface area contributed by atoms with Crippen LogP contribution in [0.4, 0.5) is 5.69 Å². The van der Waals surface area contributed by atoms with Crippen LogP contribution in [-0.4, -0.2) is 30.3 Å². The zero-order valence-electron chi connectivity index (χ0n) is 18.3. The molecule has 4 aromatic rings. The number of aromatic nitrogens is 2. The summed E-state index contributed by atoms with van der Waals surface area (Å²) in [4.78, 5) is 22.3. The molecular weight excluding hydrogens is 436 g/mol. The second-order valence-corrected chi connectivity index (χ2v) is 9.41. The molecule has 1 atom stereocenters. The van der Waals surface area contributed by atoms with Crippen LogP contribution < -0.4 is 10.0 Å². The number of sulfonamides is 1. The third-order valence-electron chi connectivity index (χ3n) is 5.28. The van der Waals surface area contributed by atoms with E-state index in [9.17, 15) is 13.2 Å². The SMILES string of the molecule is CC[C@@H](C)NS(=O)(=O)c1ccc(NC(=O)c2cc(-c3ccccn3)nc3ccccc23)cc1. The summed E-state index contributed by atoms with van der Waals surface area (Å²) in [6.45, 7) is 3.72. The molecule has 0 saturated heterocycles. The van der Waals surface area contributed by atoms with Gasteiger partial charge in [-0.25, -0.2) is 18.1 Å². The van der Waals surface area contributed by atoms with Crippen LogP contribution in [0, 0.1) is 0 Å². The van der Waals surface area contributed by atoms with Gasteiger partial charge in [-0.3, -0.25) is 9.78 Å². The summed E-state index contributed by atoms with van der Waals surface area (Å²) in [5, 5.41) is 3.57. The first-order valence-corrected chi connectivity index (χ1v) is 12.1. The van der Waals surface area contributed by atoms with E-state index in [1.54, 1.807) is 24.4 Å². The minimum atomic E-state index is -3.61. The number of carbonyl (C=O) groups is 1. The molecule has 0 saturated carbocycles. The molecule has 1 amide bonds. The molecule has 0 unspecified atom stereocenters. The largest absolute Gasteiger partial charge is 0.322 e. The van der Waals surface area contributed by atoms with Gasteiger partial charge in [0, 0.05) is 23.3 Å². The van der Waals surface area contributed by atoms with Gasteiger partial charge >= 0.3 is 0 Å². The number of pyridine rings is 2. The smallest absolute Gasteiger partial charge is 0.256 e. The second-order valence-electron chi connectivity index (χ2n) is 7.70. The van der Waals surface area contributed by atoms with E-state index < -0.39 is 10.0 Å². The van der Waals surface area contributed by atoms with Crippen LogP contribution in [0.1, 0.15) is 30.6 Å². The number of amides is 1. The molecule has 2 N–H and O–H groups in total. The van der Waals surface area contributed by atoms with Gasteiger partial charge in [0.1, 0.15) is 0 Å². The maximum Gasteiger partial charge on any atom is 0.256 e. The zero-order valence-corrected chi connectivity index (χ0v) is 19.1. The maximum atomic E-state index is 13.2. The topological polar surface area (TPSA) is 101 Å². The van der Waals surface area contributed by atoms with Crippen molar-refractivity contribution in [1.29, 1.82) is 0 Å². The van der Waals surface area contributed by atoms with E-state index in [1.165, 1.54) is 12.1 Å². The Balaban J connectivity index is 1.63. The minimum absolute atomic E-state index is 0.146. The first-order chi connectivity index (χ1) is 15.9. The molecule has 0 aliphatic heterocycles. The first kappa shape index (κ1) is 22.6. The Morgan fingerprint density at radius 2 is 1.70 bits per heavy atom. The molecule has 0 aliphatic carbocycles. The average Bonchev–Trinajstić information content (AvgIpc) is 2.83. The lowest BCUT2D eigenvalue weighted by Crippen LogP contribution is -2.31. The van der Waals surface area contributed by atoms with Crippen molar-refractivity contribution >= 4 is 32.5 Å². The van der Waals surface area contributed by atoms with E-state index in [4.69, 9.17) is 0 Å². The molecule has 4 rings (SSSR count). The van der Waals surface area contributed by atoms with Gasteiger partial charge in [-0.2, -0.15) is 0 Å². The van der Waals surface area contributed by atoms with Crippen LogP contribution >= 0.6 is 0 Å². The third kappa shape index (κ3) is 5.08. The van der Waals surface area contributed by atoms with Crippen LogP contribution in [-0.2, 0) is 10.0 Å².